The minimum absolute atomic E-state index is 0.175. The Balaban J connectivity index is 2.21. The highest BCUT2D eigenvalue weighted by Gasteiger charge is 2.14. The molecule has 2 aromatic rings. The summed E-state index contributed by atoms with van der Waals surface area (Å²) in [5, 5.41) is 10.5. The Morgan fingerprint density at radius 3 is 3.06 bits per heavy atom. The van der Waals surface area contributed by atoms with Crippen molar-refractivity contribution in [2.75, 3.05) is 0 Å². The van der Waals surface area contributed by atoms with Crippen LogP contribution in [0.3, 0.4) is 0 Å². The summed E-state index contributed by atoms with van der Waals surface area (Å²) >= 11 is 3.69. The van der Waals surface area contributed by atoms with Gasteiger partial charge < -0.3 is 10.8 Å². The number of hydrogen-bond donors (Lipinski definition) is 2. The molecule has 0 aliphatic carbocycles. The number of rotatable bonds is 4. The van der Waals surface area contributed by atoms with Crippen LogP contribution < -0.4 is 5.73 Å². The van der Waals surface area contributed by atoms with E-state index in [1.54, 1.807) is 0 Å². The van der Waals surface area contributed by atoms with E-state index in [0.717, 1.165) is 13.8 Å². The van der Waals surface area contributed by atoms with Gasteiger partial charge in [0, 0.05) is 9.99 Å². The third-order valence-electron chi connectivity index (χ3n) is 2.32. The van der Waals surface area contributed by atoms with Gasteiger partial charge in [0.2, 0.25) is 5.91 Å². The number of aromatic nitrogens is 1. The smallest absolute Gasteiger partial charge is 0.217 e. The van der Waals surface area contributed by atoms with Crippen molar-refractivity contribution < 1.29 is 9.90 Å². The number of nitrogens with two attached hydrogens (primary N) is 1. The van der Waals surface area contributed by atoms with Gasteiger partial charge in [0.15, 0.2) is 0 Å². The van der Waals surface area contributed by atoms with Gasteiger partial charge in [0.25, 0.3) is 0 Å². The maximum atomic E-state index is 10.6. The predicted octanol–water partition coefficient (Wildman–Crippen LogP) is 2.20. The molecule has 0 radical (unpaired) electrons. The van der Waals surface area contributed by atoms with Gasteiger partial charge in [0.1, 0.15) is 11.1 Å². The largest absolute Gasteiger partial charge is 0.386 e. The fourth-order valence-corrected chi connectivity index (χ4v) is 3.19. The molecule has 0 saturated carbocycles. The molecule has 0 aliphatic rings. The van der Waals surface area contributed by atoms with E-state index in [1.807, 2.05) is 18.2 Å². The SMILES string of the molecule is NC(=O)CC[C@H](O)c1nc2ccc(I)cc2s1. The first kappa shape index (κ1) is 12.7. The first-order chi connectivity index (χ1) is 8.06. The third kappa shape index (κ3) is 3.14. The first-order valence-electron chi connectivity index (χ1n) is 5.08. The number of carbonyl (C=O) groups is 1. The van der Waals surface area contributed by atoms with Crippen LogP contribution in [0.2, 0.25) is 0 Å². The molecular formula is C11H11IN2O2S. The van der Waals surface area contributed by atoms with E-state index in [9.17, 15) is 9.90 Å². The third-order valence-corrected chi connectivity index (χ3v) is 4.11. The molecule has 0 spiro atoms. The molecule has 0 saturated heterocycles. The minimum Gasteiger partial charge on any atom is -0.386 e. The number of aliphatic hydroxyl groups is 1. The van der Waals surface area contributed by atoms with Gasteiger partial charge in [-0.25, -0.2) is 4.98 Å². The lowest BCUT2D eigenvalue weighted by Gasteiger charge is -2.04. The van der Waals surface area contributed by atoms with Crippen LogP contribution in [0.4, 0.5) is 0 Å². The number of thiazole rings is 1. The van der Waals surface area contributed by atoms with Gasteiger partial charge in [0.05, 0.1) is 10.2 Å². The van der Waals surface area contributed by atoms with Crippen molar-refractivity contribution in [3.8, 4) is 0 Å². The van der Waals surface area contributed by atoms with E-state index >= 15 is 0 Å². The summed E-state index contributed by atoms with van der Waals surface area (Å²) in [4.78, 5) is 15.0. The van der Waals surface area contributed by atoms with Gasteiger partial charge in [-0.15, -0.1) is 11.3 Å². The molecule has 1 aromatic carbocycles. The lowest BCUT2D eigenvalue weighted by molar-refractivity contribution is -0.118. The average Bonchev–Trinajstić information content (AvgIpc) is 2.68. The second-order valence-corrected chi connectivity index (χ2v) is 5.99. The Morgan fingerprint density at radius 1 is 1.59 bits per heavy atom. The quantitative estimate of drug-likeness (QED) is 0.819. The molecule has 0 unspecified atom stereocenters. The topological polar surface area (TPSA) is 76.2 Å². The highest BCUT2D eigenvalue weighted by Crippen LogP contribution is 2.29. The second-order valence-electron chi connectivity index (χ2n) is 3.68. The lowest BCUT2D eigenvalue weighted by Crippen LogP contribution is -2.11. The summed E-state index contributed by atoms with van der Waals surface area (Å²) in [6, 6.07) is 5.93. The van der Waals surface area contributed by atoms with Crippen molar-refractivity contribution in [3.05, 3.63) is 26.8 Å². The number of carbonyl (C=O) groups excluding carboxylic acids is 1. The Morgan fingerprint density at radius 2 is 2.35 bits per heavy atom. The summed E-state index contributed by atoms with van der Waals surface area (Å²) in [5.41, 5.74) is 5.92. The average molecular weight is 362 g/mol. The normalized spacial score (nSPS) is 12.8. The van der Waals surface area contributed by atoms with Crippen molar-refractivity contribution in [2.24, 2.45) is 5.73 Å². The molecular weight excluding hydrogens is 351 g/mol. The maximum Gasteiger partial charge on any atom is 0.217 e. The first-order valence-corrected chi connectivity index (χ1v) is 6.98. The van der Waals surface area contributed by atoms with E-state index in [-0.39, 0.29) is 6.42 Å². The fourth-order valence-electron chi connectivity index (χ4n) is 1.46. The van der Waals surface area contributed by atoms with Crippen molar-refractivity contribution in [1.82, 2.24) is 4.98 Å². The van der Waals surface area contributed by atoms with E-state index in [1.165, 1.54) is 11.3 Å². The number of primary amides is 1. The van der Waals surface area contributed by atoms with E-state index in [0.29, 0.717) is 11.4 Å². The molecule has 1 aromatic heterocycles. The molecule has 0 bridgehead atoms. The predicted molar refractivity (Wildman–Crippen MR) is 75.7 cm³/mol. The monoisotopic (exact) mass is 362 g/mol. The van der Waals surface area contributed by atoms with E-state index < -0.39 is 12.0 Å². The Bertz CT molecular complexity index is 555. The summed E-state index contributed by atoms with van der Waals surface area (Å²) in [6.45, 7) is 0. The van der Waals surface area contributed by atoms with E-state index in [4.69, 9.17) is 5.73 Å². The zero-order valence-corrected chi connectivity index (χ0v) is 11.9. The number of amides is 1. The molecule has 2 rings (SSSR count). The zero-order chi connectivity index (χ0) is 12.4. The van der Waals surface area contributed by atoms with Crippen LogP contribution in [0, 0.1) is 3.57 Å². The highest BCUT2D eigenvalue weighted by atomic mass is 127. The number of aliphatic hydroxyl groups excluding tert-OH is 1. The molecule has 4 nitrogen and oxygen atoms in total. The molecule has 1 heterocycles. The molecule has 6 heteroatoms. The van der Waals surface area contributed by atoms with Gasteiger partial charge >= 0.3 is 0 Å². The summed E-state index contributed by atoms with van der Waals surface area (Å²) < 4.78 is 2.18. The Hall–Kier alpha value is -0.730. The summed E-state index contributed by atoms with van der Waals surface area (Å²) in [6.07, 6.45) is -0.210. The van der Waals surface area contributed by atoms with Gasteiger partial charge in [-0.05, 0) is 47.2 Å². The standard InChI is InChI=1S/C11H11IN2O2S/c12-6-1-2-7-9(5-6)17-11(14-7)8(15)3-4-10(13)16/h1-2,5,8,15H,3-4H2,(H2,13,16)/t8-/m0/s1. The Labute approximate surface area is 116 Å². The lowest BCUT2D eigenvalue weighted by atomic mass is 10.2. The van der Waals surface area contributed by atoms with Crippen LogP contribution in [0.1, 0.15) is 24.0 Å². The molecule has 0 fully saturated rings. The Kier molecular flexibility index (Phi) is 3.95. The van der Waals surface area contributed by atoms with Crippen LogP contribution in [0.5, 0.6) is 0 Å². The zero-order valence-electron chi connectivity index (χ0n) is 8.89. The molecule has 0 aliphatic heterocycles. The number of benzene rings is 1. The number of halogens is 1. The van der Waals surface area contributed by atoms with Gasteiger partial charge in [-0.3, -0.25) is 4.79 Å². The summed E-state index contributed by atoms with van der Waals surface area (Å²) in [7, 11) is 0. The summed E-state index contributed by atoms with van der Waals surface area (Å²) in [5.74, 6) is -0.403. The number of hydrogen-bond acceptors (Lipinski definition) is 4. The highest BCUT2D eigenvalue weighted by molar-refractivity contribution is 14.1. The van der Waals surface area contributed by atoms with E-state index in [2.05, 4.69) is 27.6 Å². The second kappa shape index (κ2) is 5.28. The van der Waals surface area contributed by atoms with Crippen LogP contribution in [-0.2, 0) is 4.79 Å². The van der Waals surface area contributed by atoms with Crippen LogP contribution in [0.25, 0.3) is 10.2 Å². The molecule has 17 heavy (non-hydrogen) atoms. The van der Waals surface area contributed by atoms with Crippen molar-refractivity contribution in [2.45, 2.75) is 18.9 Å². The minimum atomic E-state index is -0.711. The van der Waals surface area contributed by atoms with Gasteiger partial charge in [-0.2, -0.15) is 0 Å². The molecule has 1 amide bonds. The van der Waals surface area contributed by atoms with Crippen LogP contribution in [0.15, 0.2) is 18.2 Å². The molecule has 3 N–H and O–H groups in total. The number of fused-ring (bicyclic) bond motifs is 1. The van der Waals surface area contributed by atoms with Crippen molar-refractivity contribution >= 4 is 50.1 Å². The van der Waals surface area contributed by atoms with Gasteiger partial charge in [-0.1, -0.05) is 0 Å². The van der Waals surface area contributed by atoms with Crippen molar-refractivity contribution in [1.29, 1.82) is 0 Å². The molecule has 1 atom stereocenters. The fraction of sp³-hybridized carbons (Fsp3) is 0.273. The maximum absolute atomic E-state index is 10.6. The molecule has 90 valence electrons. The number of nitrogens with zero attached hydrogens (tertiary/aromatic N) is 1. The van der Waals surface area contributed by atoms with Crippen molar-refractivity contribution in [3.63, 3.8) is 0 Å². The van der Waals surface area contributed by atoms with Crippen LogP contribution >= 0.6 is 33.9 Å². The van der Waals surface area contributed by atoms with Crippen LogP contribution in [-0.4, -0.2) is 16.0 Å².